The molecule has 1 rings (SSSR count). The summed E-state index contributed by atoms with van der Waals surface area (Å²) in [6.45, 7) is 6.46. The van der Waals surface area contributed by atoms with Crippen molar-refractivity contribution in [2.24, 2.45) is 5.92 Å². The van der Waals surface area contributed by atoms with Crippen LogP contribution in [0.5, 0.6) is 0 Å². The van der Waals surface area contributed by atoms with Gasteiger partial charge in [0.2, 0.25) is 0 Å². The Hall–Kier alpha value is -1.00. The SMILES string of the molecule is CCn1cc(Cl)cc1C(=O)NC(C)C(C)CO. The molecule has 0 aliphatic rings. The second-order valence-corrected chi connectivity index (χ2v) is 4.69. The molecule has 0 aliphatic heterocycles. The topological polar surface area (TPSA) is 54.3 Å². The van der Waals surface area contributed by atoms with Crippen LogP contribution in [0.25, 0.3) is 0 Å². The first kappa shape index (κ1) is 14.1. The zero-order valence-corrected chi connectivity index (χ0v) is 11.2. The summed E-state index contributed by atoms with van der Waals surface area (Å²) in [5, 5.41) is 12.4. The normalized spacial score (nSPS) is 14.4. The van der Waals surface area contributed by atoms with E-state index >= 15 is 0 Å². The van der Waals surface area contributed by atoms with Gasteiger partial charge in [-0.25, -0.2) is 0 Å². The van der Waals surface area contributed by atoms with Crippen LogP contribution in [-0.4, -0.2) is 28.2 Å². The number of nitrogens with zero attached hydrogens (tertiary/aromatic N) is 1. The molecule has 0 spiro atoms. The molecule has 96 valence electrons. The number of nitrogens with one attached hydrogen (secondary N) is 1. The van der Waals surface area contributed by atoms with E-state index in [1.54, 1.807) is 16.8 Å². The average molecular weight is 259 g/mol. The van der Waals surface area contributed by atoms with Crippen LogP contribution in [0.2, 0.25) is 5.02 Å². The molecule has 2 unspecified atom stereocenters. The second kappa shape index (κ2) is 6.07. The second-order valence-electron chi connectivity index (χ2n) is 4.25. The number of carbonyl (C=O) groups is 1. The van der Waals surface area contributed by atoms with Crippen LogP contribution in [0, 0.1) is 5.92 Å². The van der Waals surface area contributed by atoms with E-state index in [-0.39, 0.29) is 24.5 Å². The molecule has 5 heteroatoms. The number of amides is 1. The van der Waals surface area contributed by atoms with Gasteiger partial charge in [-0.2, -0.15) is 0 Å². The van der Waals surface area contributed by atoms with Crippen molar-refractivity contribution in [2.45, 2.75) is 33.4 Å². The van der Waals surface area contributed by atoms with Crippen LogP contribution in [0.1, 0.15) is 31.3 Å². The number of hydrogen-bond donors (Lipinski definition) is 2. The summed E-state index contributed by atoms with van der Waals surface area (Å²) in [4.78, 5) is 12.0. The predicted octanol–water partition coefficient (Wildman–Crippen LogP) is 1.91. The predicted molar refractivity (Wildman–Crippen MR) is 68.3 cm³/mol. The fourth-order valence-corrected chi connectivity index (χ4v) is 1.73. The van der Waals surface area contributed by atoms with Crippen molar-refractivity contribution in [1.29, 1.82) is 0 Å². The maximum atomic E-state index is 12.0. The molecule has 0 saturated carbocycles. The molecular weight excluding hydrogens is 240 g/mol. The van der Waals surface area contributed by atoms with Crippen molar-refractivity contribution >= 4 is 17.5 Å². The molecule has 1 aromatic rings. The van der Waals surface area contributed by atoms with Gasteiger partial charge in [-0.15, -0.1) is 0 Å². The van der Waals surface area contributed by atoms with E-state index in [2.05, 4.69) is 5.32 Å². The molecule has 0 aliphatic carbocycles. The van der Waals surface area contributed by atoms with Crippen LogP contribution in [0.4, 0.5) is 0 Å². The minimum Gasteiger partial charge on any atom is -0.396 e. The Bertz CT molecular complexity index is 390. The highest BCUT2D eigenvalue weighted by atomic mass is 35.5. The molecule has 0 aromatic carbocycles. The van der Waals surface area contributed by atoms with Crippen molar-refractivity contribution in [1.82, 2.24) is 9.88 Å². The first-order chi connectivity index (χ1) is 7.99. The summed E-state index contributed by atoms with van der Waals surface area (Å²) in [6, 6.07) is 1.57. The van der Waals surface area contributed by atoms with Gasteiger partial charge in [0.15, 0.2) is 0 Å². The molecule has 0 saturated heterocycles. The third-order valence-electron chi connectivity index (χ3n) is 2.94. The summed E-state index contributed by atoms with van der Waals surface area (Å²) in [5.41, 5.74) is 0.550. The Morgan fingerprint density at radius 2 is 2.24 bits per heavy atom. The summed E-state index contributed by atoms with van der Waals surface area (Å²) in [5.74, 6) is -0.133. The molecule has 4 nitrogen and oxygen atoms in total. The number of aryl methyl sites for hydroxylation is 1. The van der Waals surface area contributed by atoms with Gasteiger partial charge < -0.3 is 15.0 Å². The summed E-state index contributed by atoms with van der Waals surface area (Å²) in [7, 11) is 0. The fraction of sp³-hybridized carbons (Fsp3) is 0.583. The number of aliphatic hydroxyl groups excluding tert-OH is 1. The van der Waals surface area contributed by atoms with Crippen molar-refractivity contribution in [2.75, 3.05) is 6.61 Å². The zero-order chi connectivity index (χ0) is 13.0. The average Bonchev–Trinajstić information content (AvgIpc) is 2.69. The van der Waals surface area contributed by atoms with Crippen LogP contribution in [0.15, 0.2) is 12.3 Å². The van der Waals surface area contributed by atoms with E-state index in [1.807, 2.05) is 20.8 Å². The molecule has 2 N–H and O–H groups in total. The summed E-state index contributed by atoms with van der Waals surface area (Å²) >= 11 is 5.87. The maximum absolute atomic E-state index is 12.0. The van der Waals surface area contributed by atoms with Gasteiger partial charge in [-0.3, -0.25) is 4.79 Å². The van der Waals surface area contributed by atoms with E-state index in [1.165, 1.54) is 0 Å². The van der Waals surface area contributed by atoms with E-state index in [9.17, 15) is 4.79 Å². The van der Waals surface area contributed by atoms with Gasteiger partial charge in [-0.05, 0) is 25.8 Å². The van der Waals surface area contributed by atoms with Crippen molar-refractivity contribution in [3.05, 3.63) is 23.0 Å². The molecule has 1 amide bonds. The highest BCUT2D eigenvalue weighted by molar-refractivity contribution is 6.31. The molecule has 0 radical (unpaired) electrons. The number of rotatable bonds is 5. The van der Waals surface area contributed by atoms with Crippen LogP contribution < -0.4 is 5.32 Å². The lowest BCUT2D eigenvalue weighted by Crippen LogP contribution is -2.39. The van der Waals surface area contributed by atoms with E-state index < -0.39 is 0 Å². The maximum Gasteiger partial charge on any atom is 0.268 e. The Kier molecular flexibility index (Phi) is 5.02. The molecular formula is C12H19ClN2O2. The van der Waals surface area contributed by atoms with Gasteiger partial charge >= 0.3 is 0 Å². The Morgan fingerprint density at radius 1 is 1.59 bits per heavy atom. The van der Waals surface area contributed by atoms with E-state index in [0.717, 1.165) is 0 Å². The number of halogens is 1. The van der Waals surface area contributed by atoms with Gasteiger partial charge in [0.25, 0.3) is 5.91 Å². The lowest BCUT2D eigenvalue weighted by Gasteiger charge is -2.19. The largest absolute Gasteiger partial charge is 0.396 e. The van der Waals surface area contributed by atoms with Crippen LogP contribution in [0.3, 0.4) is 0 Å². The Balaban J connectivity index is 2.75. The Morgan fingerprint density at radius 3 is 2.76 bits per heavy atom. The monoisotopic (exact) mass is 258 g/mol. The lowest BCUT2D eigenvalue weighted by atomic mass is 10.1. The lowest BCUT2D eigenvalue weighted by molar-refractivity contribution is 0.0907. The van der Waals surface area contributed by atoms with E-state index in [0.29, 0.717) is 17.3 Å². The highest BCUT2D eigenvalue weighted by Crippen LogP contribution is 2.14. The molecule has 0 fully saturated rings. The van der Waals surface area contributed by atoms with Crippen LogP contribution in [-0.2, 0) is 6.54 Å². The smallest absolute Gasteiger partial charge is 0.268 e. The molecule has 1 aromatic heterocycles. The van der Waals surface area contributed by atoms with Gasteiger partial charge in [0.1, 0.15) is 5.69 Å². The number of carbonyl (C=O) groups excluding carboxylic acids is 1. The molecule has 17 heavy (non-hydrogen) atoms. The number of aliphatic hydroxyl groups is 1. The van der Waals surface area contributed by atoms with Gasteiger partial charge in [0, 0.05) is 25.4 Å². The number of aromatic nitrogens is 1. The van der Waals surface area contributed by atoms with E-state index in [4.69, 9.17) is 16.7 Å². The third kappa shape index (κ3) is 3.48. The van der Waals surface area contributed by atoms with Crippen molar-refractivity contribution in [3.63, 3.8) is 0 Å². The first-order valence-electron chi connectivity index (χ1n) is 5.77. The quantitative estimate of drug-likeness (QED) is 0.848. The minimum absolute atomic E-state index is 0.0273. The minimum atomic E-state index is -0.161. The van der Waals surface area contributed by atoms with Crippen molar-refractivity contribution in [3.8, 4) is 0 Å². The standard InChI is InChI=1S/C12H19ClN2O2/c1-4-15-6-10(13)5-11(15)12(17)14-9(3)8(2)7-16/h5-6,8-9,16H,4,7H2,1-3H3,(H,14,17). The third-order valence-corrected chi connectivity index (χ3v) is 3.14. The van der Waals surface area contributed by atoms with Gasteiger partial charge in [0.05, 0.1) is 5.02 Å². The Labute approximate surface area is 107 Å². The summed E-state index contributed by atoms with van der Waals surface area (Å²) in [6.07, 6.45) is 1.73. The first-order valence-corrected chi connectivity index (χ1v) is 6.14. The molecule has 1 heterocycles. The summed E-state index contributed by atoms with van der Waals surface area (Å²) < 4.78 is 1.80. The molecule has 0 bridgehead atoms. The highest BCUT2D eigenvalue weighted by Gasteiger charge is 2.17. The van der Waals surface area contributed by atoms with Crippen molar-refractivity contribution < 1.29 is 9.90 Å². The zero-order valence-electron chi connectivity index (χ0n) is 10.4. The molecule has 2 atom stereocenters. The number of hydrogen-bond acceptors (Lipinski definition) is 2. The fourth-order valence-electron chi connectivity index (χ4n) is 1.51. The van der Waals surface area contributed by atoms with Crippen LogP contribution >= 0.6 is 11.6 Å². The van der Waals surface area contributed by atoms with Gasteiger partial charge in [-0.1, -0.05) is 18.5 Å².